The van der Waals surface area contributed by atoms with Gasteiger partial charge >= 0.3 is 0 Å². The Kier molecular flexibility index (Phi) is 5.11. The van der Waals surface area contributed by atoms with E-state index in [4.69, 9.17) is 9.47 Å². The van der Waals surface area contributed by atoms with Crippen LogP contribution in [-0.4, -0.2) is 55.8 Å². The number of ether oxygens (including phenoxy) is 2. The number of fused-ring (bicyclic) bond motifs is 1. The number of rotatable bonds is 4. The lowest BCUT2D eigenvalue weighted by atomic mass is 10.0. The molecule has 1 N–H and O–H groups in total. The van der Waals surface area contributed by atoms with Gasteiger partial charge in [-0.15, -0.1) is 0 Å². The number of benzene rings is 1. The molecule has 3 atom stereocenters. The van der Waals surface area contributed by atoms with E-state index in [2.05, 4.69) is 24.1 Å². The fourth-order valence-corrected chi connectivity index (χ4v) is 3.69. The van der Waals surface area contributed by atoms with Gasteiger partial charge < -0.3 is 14.8 Å². The molecule has 1 aromatic rings. The molecule has 5 heteroatoms. The van der Waals surface area contributed by atoms with Crippen molar-refractivity contribution in [1.29, 1.82) is 0 Å². The largest absolute Gasteiger partial charge is 0.497 e. The zero-order valence-corrected chi connectivity index (χ0v) is 15.0. The zero-order valence-electron chi connectivity index (χ0n) is 15.0. The lowest BCUT2D eigenvalue weighted by Gasteiger charge is -2.36. The Hall–Kier alpha value is -1.59. The van der Waals surface area contributed by atoms with Gasteiger partial charge in [0.05, 0.1) is 19.8 Å². The molecule has 0 unspecified atom stereocenters. The summed E-state index contributed by atoms with van der Waals surface area (Å²) in [4.78, 5) is 15.1. The SMILES string of the molecule is COc1ccc(C(=O)N[C@H]2C[C@H]3CO[C@H](C(C)C)CN3C2)c(C)c1. The quantitative estimate of drug-likeness (QED) is 0.919. The normalized spacial score (nSPS) is 27.1. The molecule has 2 aliphatic rings. The highest BCUT2D eigenvalue weighted by molar-refractivity contribution is 5.96. The molecule has 2 heterocycles. The fourth-order valence-electron chi connectivity index (χ4n) is 3.69. The average Bonchev–Trinajstić information content (AvgIpc) is 2.95. The second-order valence-corrected chi connectivity index (χ2v) is 7.31. The Morgan fingerprint density at radius 1 is 1.38 bits per heavy atom. The van der Waals surface area contributed by atoms with Crippen LogP contribution in [0.3, 0.4) is 0 Å². The minimum Gasteiger partial charge on any atom is -0.497 e. The van der Waals surface area contributed by atoms with Crippen molar-refractivity contribution in [2.75, 3.05) is 26.8 Å². The van der Waals surface area contributed by atoms with Gasteiger partial charge in [0.2, 0.25) is 0 Å². The molecular formula is C19H28N2O3. The third-order valence-corrected chi connectivity index (χ3v) is 5.20. The smallest absolute Gasteiger partial charge is 0.251 e. The van der Waals surface area contributed by atoms with Gasteiger partial charge in [-0.1, -0.05) is 13.8 Å². The zero-order chi connectivity index (χ0) is 17.3. The number of carbonyl (C=O) groups is 1. The average molecular weight is 332 g/mol. The first-order valence-electron chi connectivity index (χ1n) is 8.79. The van der Waals surface area contributed by atoms with Gasteiger partial charge in [-0.05, 0) is 43.0 Å². The van der Waals surface area contributed by atoms with E-state index in [0.29, 0.717) is 18.1 Å². The third-order valence-electron chi connectivity index (χ3n) is 5.20. The van der Waals surface area contributed by atoms with Gasteiger partial charge in [-0.2, -0.15) is 0 Å². The molecule has 1 amide bonds. The van der Waals surface area contributed by atoms with Gasteiger partial charge in [0.1, 0.15) is 5.75 Å². The lowest BCUT2D eigenvalue weighted by molar-refractivity contribution is -0.0683. The van der Waals surface area contributed by atoms with Crippen LogP contribution in [0.2, 0.25) is 0 Å². The molecule has 5 nitrogen and oxygen atoms in total. The molecule has 0 saturated carbocycles. The number of nitrogens with one attached hydrogen (secondary N) is 1. The van der Waals surface area contributed by atoms with Crippen molar-refractivity contribution in [3.8, 4) is 5.75 Å². The summed E-state index contributed by atoms with van der Waals surface area (Å²) < 4.78 is 11.2. The van der Waals surface area contributed by atoms with E-state index in [0.717, 1.165) is 43.0 Å². The highest BCUT2D eigenvalue weighted by atomic mass is 16.5. The molecule has 132 valence electrons. The van der Waals surface area contributed by atoms with Crippen molar-refractivity contribution >= 4 is 5.91 Å². The number of hydrogen-bond acceptors (Lipinski definition) is 4. The van der Waals surface area contributed by atoms with Crippen LogP contribution in [0, 0.1) is 12.8 Å². The van der Waals surface area contributed by atoms with Crippen LogP contribution in [0.15, 0.2) is 18.2 Å². The van der Waals surface area contributed by atoms with Crippen molar-refractivity contribution in [2.45, 2.75) is 45.4 Å². The fraction of sp³-hybridized carbons (Fsp3) is 0.632. The summed E-state index contributed by atoms with van der Waals surface area (Å²) in [6.07, 6.45) is 1.27. The molecule has 0 aliphatic carbocycles. The highest BCUT2D eigenvalue weighted by Crippen LogP contribution is 2.26. The van der Waals surface area contributed by atoms with E-state index < -0.39 is 0 Å². The Labute approximate surface area is 144 Å². The second-order valence-electron chi connectivity index (χ2n) is 7.31. The molecule has 1 aromatic carbocycles. The molecule has 24 heavy (non-hydrogen) atoms. The van der Waals surface area contributed by atoms with Crippen molar-refractivity contribution < 1.29 is 14.3 Å². The van der Waals surface area contributed by atoms with E-state index in [9.17, 15) is 4.79 Å². The van der Waals surface area contributed by atoms with Crippen LogP contribution in [0.5, 0.6) is 5.75 Å². The summed E-state index contributed by atoms with van der Waals surface area (Å²) in [7, 11) is 1.63. The predicted molar refractivity (Wildman–Crippen MR) is 93.5 cm³/mol. The number of hydrogen-bond donors (Lipinski definition) is 1. The molecule has 2 saturated heterocycles. The monoisotopic (exact) mass is 332 g/mol. The van der Waals surface area contributed by atoms with E-state index >= 15 is 0 Å². The van der Waals surface area contributed by atoms with Crippen LogP contribution < -0.4 is 10.1 Å². The van der Waals surface area contributed by atoms with Gasteiger partial charge in [-0.25, -0.2) is 0 Å². The Bertz CT molecular complexity index is 602. The molecular weight excluding hydrogens is 304 g/mol. The number of carbonyl (C=O) groups excluding carboxylic acids is 1. The van der Waals surface area contributed by atoms with Crippen LogP contribution in [0.4, 0.5) is 0 Å². The van der Waals surface area contributed by atoms with Gasteiger partial charge in [0, 0.05) is 30.7 Å². The van der Waals surface area contributed by atoms with E-state index in [1.54, 1.807) is 7.11 Å². The maximum Gasteiger partial charge on any atom is 0.251 e. The molecule has 0 aromatic heterocycles. The number of morpholine rings is 1. The summed E-state index contributed by atoms with van der Waals surface area (Å²) >= 11 is 0. The molecule has 0 radical (unpaired) electrons. The topological polar surface area (TPSA) is 50.8 Å². The molecule has 0 bridgehead atoms. The summed E-state index contributed by atoms with van der Waals surface area (Å²) in [5, 5.41) is 3.20. The van der Waals surface area contributed by atoms with Crippen molar-refractivity contribution in [3.63, 3.8) is 0 Å². The predicted octanol–water partition coefficient (Wildman–Crippen LogP) is 2.23. The van der Waals surface area contributed by atoms with Crippen LogP contribution in [0.25, 0.3) is 0 Å². The highest BCUT2D eigenvalue weighted by Gasteiger charge is 2.38. The number of amides is 1. The Morgan fingerprint density at radius 2 is 2.17 bits per heavy atom. The first kappa shape index (κ1) is 17.2. The first-order valence-corrected chi connectivity index (χ1v) is 8.79. The van der Waals surface area contributed by atoms with Crippen molar-refractivity contribution in [2.24, 2.45) is 5.92 Å². The van der Waals surface area contributed by atoms with E-state index in [1.807, 2.05) is 25.1 Å². The number of methoxy groups -OCH3 is 1. The Morgan fingerprint density at radius 3 is 2.83 bits per heavy atom. The minimum absolute atomic E-state index is 0.00123. The van der Waals surface area contributed by atoms with E-state index in [-0.39, 0.29) is 11.9 Å². The maximum absolute atomic E-state index is 12.6. The Balaban J connectivity index is 1.60. The standard InChI is InChI=1S/C19H28N2O3/c1-12(2)18-10-21-9-14(8-15(21)11-24-18)20-19(22)17-6-5-16(23-4)7-13(17)3/h5-7,12,14-15,18H,8-11H2,1-4H3,(H,20,22)/t14-,15-,18-/m0/s1. The van der Waals surface area contributed by atoms with Gasteiger partial charge in [-0.3, -0.25) is 9.69 Å². The minimum atomic E-state index is 0.00123. The summed E-state index contributed by atoms with van der Waals surface area (Å²) in [6, 6.07) is 6.19. The van der Waals surface area contributed by atoms with Gasteiger partial charge in [0.15, 0.2) is 0 Å². The van der Waals surface area contributed by atoms with Crippen LogP contribution in [0.1, 0.15) is 36.2 Å². The van der Waals surface area contributed by atoms with Crippen molar-refractivity contribution in [1.82, 2.24) is 10.2 Å². The second kappa shape index (κ2) is 7.11. The van der Waals surface area contributed by atoms with E-state index in [1.165, 1.54) is 0 Å². The molecule has 2 fully saturated rings. The van der Waals surface area contributed by atoms with Crippen LogP contribution in [-0.2, 0) is 4.74 Å². The lowest BCUT2D eigenvalue weighted by Crippen LogP contribution is -2.48. The summed E-state index contributed by atoms with van der Waals surface area (Å²) in [6.45, 7) is 9.00. The van der Waals surface area contributed by atoms with Crippen LogP contribution >= 0.6 is 0 Å². The maximum atomic E-state index is 12.6. The number of nitrogens with zero attached hydrogens (tertiary/aromatic N) is 1. The van der Waals surface area contributed by atoms with Gasteiger partial charge in [0.25, 0.3) is 5.91 Å². The first-order chi connectivity index (χ1) is 11.5. The summed E-state index contributed by atoms with van der Waals surface area (Å²) in [5.41, 5.74) is 1.66. The molecule has 3 rings (SSSR count). The molecule has 2 aliphatic heterocycles. The summed E-state index contributed by atoms with van der Waals surface area (Å²) in [5.74, 6) is 1.31. The molecule has 0 spiro atoms. The number of aryl methyl sites for hydroxylation is 1. The third kappa shape index (κ3) is 3.57. The van der Waals surface area contributed by atoms with Crippen molar-refractivity contribution in [3.05, 3.63) is 29.3 Å².